The molecule has 70 heavy (non-hydrogen) atoms. The first-order valence-electron chi connectivity index (χ1n) is 24.0. The zero-order valence-electron chi connectivity index (χ0n) is 38.3. The molecule has 0 saturated heterocycles. The second-order valence-corrected chi connectivity index (χ2v) is 18.0. The normalized spacial score (nSPS) is 11.4. The molecule has 0 atom stereocenters. The SMILES string of the molecule is c1ccc(-c2c(-c3cccc(-c4ccc(-c5ccc(N(c6ccc(-c7ccc(-c8cccc9ccccc89)cc7)cc6)c6cc7ccccc7c7ccccc67)cc5)cc4)c3)oc3ccccc23)cc1. The Morgan fingerprint density at radius 3 is 1.39 bits per heavy atom. The van der Waals surface area contributed by atoms with Gasteiger partial charge in [-0.2, -0.15) is 0 Å². The number of para-hydroxylation sites is 1. The van der Waals surface area contributed by atoms with Crippen LogP contribution >= 0.6 is 0 Å². The van der Waals surface area contributed by atoms with Gasteiger partial charge < -0.3 is 9.32 Å². The van der Waals surface area contributed by atoms with Crippen LogP contribution in [0.3, 0.4) is 0 Å². The van der Waals surface area contributed by atoms with Crippen LogP contribution in [0.1, 0.15) is 0 Å². The van der Waals surface area contributed by atoms with E-state index in [-0.39, 0.29) is 0 Å². The summed E-state index contributed by atoms with van der Waals surface area (Å²) < 4.78 is 6.58. The Kier molecular flexibility index (Phi) is 10.2. The molecule has 328 valence electrons. The van der Waals surface area contributed by atoms with E-state index in [4.69, 9.17) is 4.42 Å². The van der Waals surface area contributed by atoms with E-state index in [2.05, 4.69) is 272 Å². The number of rotatable bonds is 9. The summed E-state index contributed by atoms with van der Waals surface area (Å²) in [6, 6.07) is 98.5. The van der Waals surface area contributed by atoms with Gasteiger partial charge in [0.05, 0.1) is 5.69 Å². The third-order valence-corrected chi connectivity index (χ3v) is 13.9. The first-order chi connectivity index (χ1) is 34.7. The lowest BCUT2D eigenvalue weighted by molar-refractivity contribution is 0.632. The lowest BCUT2D eigenvalue weighted by atomic mass is 9.95. The molecule has 12 aromatic carbocycles. The van der Waals surface area contributed by atoms with Crippen LogP contribution in [0.25, 0.3) is 110 Å². The van der Waals surface area contributed by atoms with Crippen LogP contribution in [0.15, 0.2) is 277 Å². The number of hydrogen-bond acceptors (Lipinski definition) is 2. The Bertz CT molecular complexity index is 4010. The van der Waals surface area contributed by atoms with Crippen LogP contribution in [0.2, 0.25) is 0 Å². The van der Waals surface area contributed by atoms with Crippen molar-refractivity contribution < 1.29 is 4.42 Å². The van der Waals surface area contributed by atoms with Gasteiger partial charge >= 0.3 is 0 Å². The van der Waals surface area contributed by atoms with Crippen LogP contribution in [-0.2, 0) is 0 Å². The van der Waals surface area contributed by atoms with Crippen molar-refractivity contribution in [2.24, 2.45) is 0 Å². The Balaban J connectivity index is 0.829. The highest BCUT2D eigenvalue weighted by atomic mass is 16.3. The maximum atomic E-state index is 6.58. The van der Waals surface area contributed by atoms with Crippen molar-refractivity contribution in [1.82, 2.24) is 0 Å². The molecule has 2 heteroatoms. The summed E-state index contributed by atoms with van der Waals surface area (Å²) in [4.78, 5) is 2.41. The van der Waals surface area contributed by atoms with Crippen molar-refractivity contribution >= 4 is 60.3 Å². The van der Waals surface area contributed by atoms with Gasteiger partial charge in [0.15, 0.2) is 0 Å². The summed E-state index contributed by atoms with van der Waals surface area (Å²) >= 11 is 0. The molecule has 0 fully saturated rings. The fraction of sp³-hybridized carbons (Fsp3) is 0. The van der Waals surface area contributed by atoms with Crippen molar-refractivity contribution in [2.45, 2.75) is 0 Å². The number of nitrogens with zero attached hydrogens (tertiary/aromatic N) is 1. The second kappa shape index (κ2) is 17.4. The molecule has 0 bridgehead atoms. The Morgan fingerprint density at radius 1 is 0.257 bits per heavy atom. The predicted octanol–water partition coefficient (Wildman–Crippen LogP) is 19.4. The molecule has 0 N–H and O–H groups in total. The second-order valence-electron chi connectivity index (χ2n) is 18.0. The van der Waals surface area contributed by atoms with Gasteiger partial charge in [-0.1, -0.05) is 231 Å². The van der Waals surface area contributed by atoms with Gasteiger partial charge in [0.1, 0.15) is 11.3 Å². The van der Waals surface area contributed by atoms with E-state index in [1.807, 2.05) is 6.07 Å². The molecule has 0 aliphatic heterocycles. The van der Waals surface area contributed by atoms with E-state index in [1.165, 1.54) is 54.6 Å². The first-order valence-corrected chi connectivity index (χ1v) is 24.0. The van der Waals surface area contributed by atoms with Gasteiger partial charge in [-0.3, -0.25) is 0 Å². The van der Waals surface area contributed by atoms with E-state index in [0.29, 0.717) is 0 Å². The Hall–Kier alpha value is -9.24. The fourth-order valence-corrected chi connectivity index (χ4v) is 10.4. The van der Waals surface area contributed by atoms with Crippen LogP contribution in [-0.4, -0.2) is 0 Å². The van der Waals surface area contributed by atoms with Gasteiger partial charge in [0.25, 0.3) is 0 Å². The highest BCUT2D eigenvalue weighted by Gasteiger charge is 2.20. The van der Waals surface area contributed by atoms with E-state index in [9.17, 15) is 0 Å². The molecular weight excluding hydrogens is 847 g/mol. The molecule has 2 nitrogen and oxygen atoms in total. The summed E-state index contributed by atoms with van der Waals surface area (Å²) in [5.41, 5.74) is 17.0. The average Bonchev–Trinajstić information content (AvgIpc) is 3.84. The third-order valence-electron chi connectivity index (χ3n) is 13.9. The molecular formula is C68H45NO. The van der Waals surface area contributed by atoms with Crippen LogP contribution < -0.4 is 4.90 Å². The van der Waals surface area contributed by atoms with E-state index < -0.39 is 0 Å². The maximum Gasteiger partial charge on any atom is 0.143 e. The van der Waals surface area contributed by atoms with Crippen molar-refractivity contribution in [3.63, 3.8) is 0 Å². The maximum absolute atomic E-state index is 6.58. The standard InChI is InChI=1S/C68H45NO/c1-2-15-53(16-3-1)67-64-25-10-11-27-66(64)70-68(67)56-20-12-19-54(44-56)50-30-28-46(29-31-50)48-36-40-57(41-37-48)69(65-45-55-17-5-7-22-61(55)62-23-8-9-24-63(62)65)58-42-38-49(39-43-58)47-32-34-52(35-33-47)60-26-13-18-51-14-4-6-21-59(51)60/h1-45H. The number of fused-ring (bicyclic) bond motifs is 5. The van der Waals surface area contributed by atoms with Crippen LogP contribution in [0.5, 0.6) is 0 Å². The smallest absolute Gasteiger partial charge is 0.143 e. The van der Waals surface area contributed by atoms with E-state index >= 15 is 0 Å². The molecule has 0 aliphatic carbocycles. The highest BCUT2D eigenvalue weighted by molar-refractivity contribution is 6.14. The molecule has 13 aromatic rings. The topological polar surface area (TPSA) is 16.4 Å². The third kappa shape index (κ3) is 7.40. The lowest BCUT2D eigenvalue weighted by Gasteiger charge is -2.28. The van der Waals surface area contributed by atoms with Crippen molar-refractivity contribution in [3.05, 3.63) is 273 Å². The predicted molar refractivity (Wildman–Crippen MR) is 296 cm³/mol. The zero-order chi connectivity index (χ0) is 46.4. The summed E-state index contributed by atoms with van der Waals surface area (Å²) in [5, 5.41) is 8.54. The molecule has 0 amide bonds. The highest BCUT2D eigenvalue weighted by Crippen LogP contribution is 2.45. The minimum Gasteiger partial charge on any atom is -0.455 e. The van der Waals surface area contributed by atoms with E-state index in [1.54, 1.807) is 0 Å². The molecule has 0 spiro atoms. The average molecular weight is 892 g/mol. The molecule has 0 saturated carbocycles. The number of furan rings is 1. The fourth-order valence-electron chi connectivity index (χ4n) is 10.4. The van der Waals surface area contributed by atoms with Gasteiger partial charge in [-0.15, -0.1) is 0 Å². The van der Waals surface area contributed by atoms with Crippen LogP contribution in [0, 0.1) is 0 Å². The van der Waals surface area contributed by atoms with Gasteiger partial charge in [0.2, 0.25) is 0 Å². The quantitative estimate of drug-likeness (QED) is 0.134. The van der Waals surface area contributed by atoms with Crippen molar-refractivity contribution in [3.8, 4) is 67.0 Å². The Labute approximate surface area is 407 Å². The van der Waals surface area contributed by atoms with E-state index in [0.717, 1.165) is 72.7 Å². The monoisotopic (exact) mass is 891 g/mol. The van der Waals surface area contributed by atoms with Crippen LogP contribution in [0.4, 0.5) is 17.1 Å². The molecule has 0 radical (unpaired) electrons. The minimum absolute atomic E-state index is 0.885. The van der Waals surface area contributed by atoms with Crippen molar-refractivity contribution in [2.75, 3.05) is 4.90 Å². The molecule has 13 rings (SSSR count). The summed E-state index contributed by atoms with van der Waals surface area (Å²) in [6.07, 6.45) is 0. The molecule has 1 aromatic heterocycles. The van der Waals surface area contributed by atoms with Crippen molar-refractivity contribution in [1.29, 1.82) is 0 Å². The summed E-state index contributed by atoms with van der Waals surface area (Å²) in [7, 11) is 0. The first kappa shape index (κ1) is 41.0. The summed E-state index contributed by atoms with van der Waals surface area (Å²) in [6.45, 7) is 0. The van der Waals surface area contributed by atoms with Gasteiger partial charge in [-0.25, -0.2) is 0 Å². The van der Waals surface area contributed by atoms with Gasteiger partial charge in [-0.05, 0) is 119 Å². The lowest BCUT2D eigenvalue weighted by Crippen LogP contribution is -2.10. The largest absolute Gasteiger partial charge is 0.455 e. The zero-order valence-corrected chi connectivity index (χ0v) is 38.3. The minimum atomic E-state index is 0.885. The molecule has 0 unspecified atom stereocenters. The number of hydrogen-bond donors (Lipinski definition) is 0. The molecule has 1 heterocycles. The number of anilines is 3. The van der Waals surface area contributed by atoms with Gasteiger partial charge in [0, 0.05) is 33.3 Å². The molecule has 0 aliphatic rings. The number of benzene rings is 12. The summed E-state index contributed by atoms with van der Waals surface area (Å²) in [5.74, 6) is 0.885. The Morgan fingerprint density at radius 2 is 0.714 bits per heavy atom.